The highest BCUT2D eigenvalue weighted by molar-refractivity contribution is 7.22. The Morgan fingerprint density at radius 1 is 1.29 bits per heavy atom. The third kappa shape index (κ3) is 3.18. The van der Waals surface area contributed by atoms with Crippen LogP contribution in [0.3, 0.4) is 0 Å². The molecule has 122 valence electrons. The first-order valence-electron chi connectivity index (χ1n) is 7.21. The molecular weight excluding hydrogens is 328 g/mol. The molecule has 0 atom stereocenters. The first-order valence-corrected chi connectivity index (χ1v) is 8.03. The second-order valence-corrected chi connectivity index (χ2v) is 5.92. The maximum Gasteiger partial charge on any atom is 0.337 e. The van der Waals surface area contributed by atoms with Crippen molar-refractivity contribution in [1.29, 1.82) is 0 Å². The van der Waals surface area contributed by atoms with E-state index in [9.17, 15) is 14.7 Å². The summed E-state index contributed by atoms with van der Waals surface area (Å²) < 4.78 is 0.516. The highest BCUT2D eigenvalue weighted by Crippen LogP contribution is 2.33. The minimum Gasteiger partial charge on any atom is -0.478 e. The van der Waals surface area contributed by atoms with E-state index >= 15 is 0 Å². The summed E-state index contributed by atoms with van der Waals surface area (Å²) in [6.07, 6.45) is 3.31. The van der Waals surface area contributed by atoms with Crippen molar-refractivity contribution in [1.82, 2.24) is 15.3 Å². The zero-order valence-corrected chi connectivity index (χ0v) is 13.6. The Balaban J connectivity index is 2.08. The number of amides is 2. The third-order valence-corrected chi connectivity index (χ3v) is 4.29. The quantitative estimate of drug-likeness (QED) is 0.675. The number of fused-ring (bicyclic) bond motifs is 1. The van der Waals surface area contributed by atoms with Crippen LogP contribution < -0.4 is 10.6 Å². The van der Waals surface area contributed by atoms with Crippen LogP contribution in [-0.2, 0) is 0 Å². The van der Waals surface area contributed by atoms with Crippen molar-refractivity contribution in [3.05, 3.63) is 42.2 Å². The lowest BCUT2D eigenvalue weighted by molar-refractivity contribution is 0.0699. The van der Waals surface area contributed by atoms with Crippen molar-refractivity contribution in [2.45, 2.75) is 6.92 Å². The molecule has 0 bridgehead atoms. The zero-order valence-electron chi connectivity index (χ0n) is 12.7. The molecule has 2 heterocycles. The Morgan fingerprint density at radius 3 is 2.79 bits per heavy atom. The largest absolute Gasteiger partial charge is 0.478 e. The van der Waals surface area contributed by atoms with Gasteiger partial charge in [0, 0.05) is 24.5 Å². The fraction of sp³-hybridized carbons (Fsp3) is 0.125. The van der Waals surface area contributed by atoms with Gasteiger partial charge in [-0.1, -0.05) is 17.4 Å². The minimum atomic E-state index is -1.04. The van der Waals surface area contributed by atoms with E-state index in [0.29, 0.717) is 27.5 Å². The van der Waals surface area contributed by atoms with E-state index in [1.165, 1.54) is 0 Å². The summed E-state index contributed by atoms with van der Waals surface area (Å²) in [5.74, 6) is -1.04. The third-order valence-electron chi connectivity index (χ3n) is 3.27. The summed E-state index contributed by atoms with van der Waals surface area (Å²) in [5.41, 5.74) is 2.18. The minimum absolute atomic E-state index is 0.146. The average molecular weight is 342 g/mol. The maximum absolute atomic E-state index is 11.6. The van der Waals surface area contributed by atoms with Crippen LogP contribution in [0, 0.1) is 0 Å². The molecular formula is C16H14N4O3S. The summed E-state index contributed by atoms with van der Waals surface area (Å²) in [6, 6.07) is 6.64. The number of carbonyl (C=O) groups excluding carboxylic acids is 1. The van der Waals surface area contributed by atoms with Crippen molar-refractivity contribution in [2.75, 3.05) is 11.9 Å². The van der Waals surface area contributed by atoms with Gasteiger partial charge in [-0.15, -0.1) is 0 Å². The van der Waals surface area contributed by atoms with Gasteiger partial charge in [0.1, 0.15) is 0 Å². The monoisotopic (exact) mass is 342 g/mol. The second-order valence-electron chi connectivity index (χ2n) is 4.92. The number of thiazole rings is 1. The molecule has 8 heteroatoms. The molecule has 0 aliphatic heterocycles. The molecule has 7 nitrogen and oxygen atoms in total. The average Bonchev–Trinajstić information content (AvgIpc) is 2.96. The normalized spacial score (nSPS) is 10.5. The molecule has 0 fully saturated rings. The molecule has 24 heavy (non-hydrogen) atoms. The summed E-state index contributed by atoms with van der Waals surface area (Å²) in [7, 11) is 0. The van der Waals surface area contributed by atoms with Crippen LogP contribution in [0.4, 0.5) is 9.93 Å². The molecule has 2 aromatic heterocycles. The molecule has 3 rings (SSSR count). The van der Waals surface area contributed by atoms with Crippen LogP contribution >= 0.6 is 11.3 Å². The Kier molecular flexibility index (Phi) is 4.39. The van der Waals surface area contributed by atoms with Crippen molar-refractivity contribution in [3.8, 4) is 11.1 Å². The lowest BCUT2D eigenvalue weighted by Gasteiger charge is -2.03. The molecule has 2 amide bonds. The highest BCUT2D eigenvalue weighted by atomic mass is 32.1. The number of anilines is 1. The van der Waals surface area contributed by atoms with E-state index in [4.69, 9.17) is 0 Å². The predicted molar refractivity (Wildman–Crippen MR) is 92.5 cm³/mol. The van der Waals surface area contributed by atoms with E-state index in [1.807, 2.05) is 6.07 Å². The van der Waals surface area contributed by atoms with Gasteiger partial charge < -0.3 is 10.4 Å². The van der Waals surface area contributed by atoms with Crippen molar-refractivity contribution in [3.63, 3.8) is 0 Å². The number of hydrogen-bond acceptors (Lipinski definition) is 5. The van der Waals surface area contributed by atoms with E-state index < -0.39 is 5.97 Å². The first-order chi connectivity index (χ1) is 11.6. The smallest absolute Gasteiger partial charge is 0.337 e. The van der Waals surface area contributed by atoms with Gasteiger partial charge in [0.15, 0.2) is 5.13 Å². The summed E-state index contributed by atoms with van der Waals surface area (Å²) in [6.45, 7) is 2.29. The number of carbonyl (C=O) groups is 2. The van der Waals surface area contributed by atoms with Gasteiger partial charge in [-0.05, 0) is 30.7 Å². The fourth-order valence-corrected chi connectivity index (χ4v) is 3.19. The number of carboxylic acids is 1. The standard InChI is InChI=1S/C16H14N4O3S/c1-2-18-15(23)20-16-19-12-7-10(9-4-3-5-17-8-9)6-11(14(21)22)13(12)24-16/h3-8H,2H2,1H3,(H,21,22)(H2,18,19,20,23). The second kappa shape index (κ2) is 6.63. The highest BCUT2D eigenvalue weighted by Gasteiger charge is 2.16. The number of aromatic carboxylic acids is 1. The topological polar surface area (TPSA) is 104 Å². The van der Waals surface area contributed by atoms with E-state index in [2.05, 4.69) is 20.6 Å². The van der Waals surface area contributed by atoms with Gasteiger partial charge in [-0.3, -0.25) is 10.3 Å². The van der Waals surface area contributed by atoms with Gasteiger partial charge in [0.05, 0.1) is 15.8 Å². The fourth-order valence-electron chi connectivity index (χ4n) is 2.25. The van der Waals surface area contributed by atoms with Crippen LogP contribution in [0.2, 0.25) is 0 Å². The van der Waals surface area contributed by atoms with Crippen LogP contribution in [0.1, 0.15) is 17.3 Å². The zero-order chi connectivity index (χ0) is 17.1. The number of nitrogens with one attached hydrogen (secondary N) is 2. The summed E-state index contributed by atoms with van der Waals surface area (Å²) in [4.78, 5) is 31.6. The SMILES string of the molecule is CCNC(=O)Nc1nc2cc(-c3cccnc3)cc(C(=O)O)c2s1. The van der Waals surface area contributed by atoms with E-state index in [-0.39, 0.29) is 11.6 Å². The van der Waals surface area contributed by atoms with Crippen molar-refractivity contribution >= 4 is 38.7 Å². The van der Waals surface area contributed by atoms with Crippen molar-refractivity contribution < 1.29 is 14.7 Å². The molecule has 0 saturated carbocycles. The van der Waals surface area contributed by atoms with Gasteiger partial charge in [-0.2, -0.15) is 0 Å². The number of carboxylic acid groups (broad SMARTS) is 1. The molecule has 0 spiro atoms. The number of rotatable bonds is 4. The molecule has 3 aromatic rings. The van der Waals surface area contributed by atoms with Crippen LogP contribution in [-0.4, -0.2) is 33.6 Å². The summed E-state index contributed by atoms with van der Waals surface area (Å²) >= 11 is 1.13. The Hall–Kier alpha value is -3.00. The number of pyridine rings is 1. The molecule has 0 aliphatic rings. The molecule has 0 aliphatic carbocycles. The molecule has 3 N–H and O–H groups in total. The predicted octanol–water partition coefficient (Wildman–Crippen LogP) is 3.20. The number of nitrogens with zero attached hydrogens (tertiary/aromatic N) is 2. The lowest BCUT2D eigenvalue weighted by Crippen LogP contribution is -2.28. The lowest BCUT2D eigenvalue weighted by atomic mass is 10.0. The molecule has 0 radical (unpaired) electrons. The van der Waals surface area contributed by atoms with Gasteiger partial charge in [0.2, 0.25) is 0 Å². The number of hydrogen-bond donors (Lipinski definition) is 3. The molecule has 1 aromatic carbocycles. The van der Waals surface area contributed by atoms with Crippen LogP contribution in [0.5, 0.6) is 0 Å². The number of benzene rings is 1. The van der Waals surface area contributed by atoms with Gasteiger partial charge in [-0.25, -0.2) is 14.6 Å². The molecule has 0 unspecified atom stereocenters. The Labute approximate surface area is 141 Å². The number of urea groups is 1. The Morgan fingerprint density at radius 2 is 2.12 bits per heavy atom. The number of aromatic nitrogens is 2. The van der Waals surface area contributed by atoms with Crippen LogP contribution in [0.25, 0.3) is 21.3 Å². The van der Waals surface area contributed by atoms with Crippen LogP contribution in [0.15, 0.2) is 36.7 Å². The van der Waals surface area contributed by atoms with Gasteiger partial charge in [0.25, 0.3) is 0 Å². The van der Waals surface area contributed by atoms with E-state index in [0.717, 1.165) is 16.9 Å². The summed E-state index contributed by atoms with van der Waals surface area (Å²) in [5, 5.41) is 15.1. The maximum atomic E-state index is 11.6. The first kappa shape index (κ1) is 15.9. The van der Waals surface area contributed by atoms with E-state index in [1.54, 1.807) is 37.5 Å². The van der Waals surface area contributed by atoms with Crippen molar-refractivity contribution in [2.24, 2.45) is 0 Å². The molecule has 0 saturated heterocycles. The Bertz CT molecular complexity index is 908. The van der Waals surface area contributed by atoms with Gasteiger partial charge >= 0.3 is 12.0 Å².